The monoisotopic (exact) mass is 527 g/mol. The van der Waals surface area contributed by atoms with Gasteiger partial charge in [-0.3, -0.25) is 14.5 Å². The first-order chi connectivity index (χ1) is 19.0. The van der Waals surface area contributed by atoms with E-state index in [0.29, 0.717) is 28.3 Å². The van der Waals surface area contributed by atoms with Crippen LogP contribution in [0, 0.1) is 6.92 Å². The lowest BCUT2D eigenvalue weighted by Crippen LogP contribution is -2.47. The SMILES string of the molecule is COc1cc(OC)cc(C(C(=O)NC2CCCC2)N(C(=O)Cn2nnc3ccccc32)c2ccccc2C)c1. The van der Waals surface area contributed by atoms with Crippen LogP contribution in [0.25, 0.3) is 11.0 Å². The summed E-state index contributed by atoms with van der Waals surface area (Å²) in [6, 6.07) is 19.5. The summed E-state index contributed by atoms with van der Waals surface area (Å²) in [4.78, 5) is 30.0. The molecule has 1 unspecified atom stereocenters. The Morgan fingerprint density at radius 2 is 1.67 bits per heavy atom. The maximum absolute atomic E-state index is 14.3. The van der Waals surface area contributed by atoms with Gasteiger partial charge in [0.1, 0.15) is 29.6 Å². The summed E-state index contributed by atoms with van der Waals surface area (Å²) >= 11 is 0. The number of anilines is 1. The summed E-state index contributed by atoms with van der Waals surface area (Å²) in [5.74, 6) is 0.510. The van der Waals surface area contributed by atoms with Crippen LogP contribution in [0.5, 0.6) is 11.5 Å². The Morgan fingerprint density at radius 3 is 2.36 bits per heavy atom. The van der Waals surface area contributed by atoms with E-state index in [1.165, 1.54) is 0 Å². The van der Waals surface area contributed by atoms with Crippen LogP contribution in [0.4, 0.5) is 5.69 Å². The van der Waals surface area contributed by atoms with E-state index in [1.54, 1.807) is 42.0 Å². The van der Waals surface area contributed by atoms with Gasteiger partial charge in [-0.15, -0.1) is 5.10 Å². The molecule has 3 aromatic carbocycles. The maximum atomic E-state index is 14.3. The quantitative estimate of drug-likeness (QED) is 0.342. The van der Waals surface area contributed by atoms with Crippen molar-refractivity contribution in [3.05, 3.63) is 77.9 Å². The number of rotatable bonds is 9. The lowest BCUT2D eigenvalue weighted by Gasteiger charge is -2.33. The standard InChI is InChI=1S/C30H33N5O4/c1-20-10-4-8-14-26(20)35(28(36)19-34-27-15-9-7-13-25(27)32-33-34)29(30(37)31-22-11-5-6-12-22)21-16-23(38-2)18-24(17-21)39-3/h4,7-10,13-18,22,29H,5-6,11-12,19H2,1-3H3,(H,31,37). The number of ether oxygens (including phenoxy) is 2. The molecule has 1 aliphatic rings. The number of para-hydroxylation sites is 2. The van der Waals surface area contributed by atoms with Crippen LogP contribution in [0.2, 0.25) is 0 Å². The Kier molecular flexibility index (Phi) is 7.76. The van der Waals surface area contributed by atoms with Crippen LogP contribution in [-0.4, -0.2) is 47.1 Å². The second kappa shape index (κ2) is 11.6. The van der Waals surface area contributed by atoms with E-state index >= 15 is 0 Å². The Bertz CT molecular complexity index is 1460. The maximum Gasteiger partial charge on any atom is 0.249 e. The fourth-order valence-electron chi connectivity index (χ4n) is 5.24. The molecule has 1 heterocycles. The van der Waals surface area contributed by atoms with Crippen molar-refractivity contribution in [3.63, 3.8) is 0 Å². The first-order valence-electron chi connectivity index (χ1n) is 13.2. The molecule has 202 valence electrons. The molecule has 1 atom stereocenters. The molecular weight excluding hydrogens is 494 g/mol. The van der Waals surface area contributed by atoms with Gasteiger partial charge < -0.3 is 14.8 Å². The predicted molar refractivity (Wildman–Crippen MR) is 149 cm³/mol. The molecule has 9 nitrogen and oxygen atoms in total. The average molecular weight is 528 g/mol. The zero-order valence-electron chi connectivity index (χ0n) is 22.5. The molecule has 0 spiro atoms. The van der Waals surface area contributed by atoms with Crippen LogP contribution in [-0.2, 0) is 16.1 Å². The molecule has 0 saturated heterocycles. The van der Waals surface area contributed by atoms with Gasteiger partial charge in [0.2, 0.25) is 11.8 Å². The fourth-order valence-corrected chi connectivity index (χ4v) is 5.24. The number of hydrogen-bond donors (Lipinski definition) is 1. The molecule has 1 saturated carbocycles. The number of aromatic nitrogens is 3. The minimum absolute atomic E-state index is 0.0700. The van der Waals surface area contributed by atoms with Gasteiger partial charge in [-0.05, 0) is 61.2 Å². The first-order valence-corrected chi connectivity index (χ1v) is 13.2. The Labute approximate surface area is 227 Å². The molecule has 0 radical (unpaired) electrons. The number of aryl methyl sites for hydroxylation is 1. The van der Waals surface area contributed by atoms with Gasteiger partial charge in [0.05, 0.1) is 19.7 Å². The van der Waals surface area contributed by atoms with E-state index in [4.69, 9.17) is 9.47 Å². The number of methoxy groups -OCH3 is 2. The minimum Gasteiger partial charge on any atom is -0.497 e. The zero-order chi connectivity index (χ0) is 27.4. The minimum atomic E-state index is -0.974. The second-order valence-corrected chi connectivity index (χ2v) is 9.82. The van der Waals surface area contributed by atoms with Gasteiger partial charge in [-0.1, -0.05) is 48.4 Å². The number of nitrogens with zero attached hydrogens (tertiary/aromatic N) is 4. The highest BCUT2D eigenvalue weighted by Gasteiger charge is 2.36. The molecule has 5 rings (SSSR count). The predicted octanol–water partition coefficient (Wildman–Crippen LogP) is 4.59. The highest BCUT2D eigenvalue weighted by atomic mass is 16.5. The number of carbonyl (C=O) groups is 2. The second-order valence-electron chi connectivity index (χ2n) is 9.82. The largest absolute Gasteiger partial charge is 0.497 e. The summed E-state index contributed by atoms with van der Waals surface area (Å²) < 4.78 is 12.6. The van der Waals surface area contributed by atoms with Crippen LogP contribution in [0.1, 0.15) is 42.9 Å². The molecule has 1 aliphatic carbocycles. The third-order valence-corrected chi connectivity index (χ3v) is 7.25. The number of hydrogen-bond acceptors (Lipinski definition) is 6. The summed E-state index contributed by atoms with van der Waals surface area (Å²) in [6.07, 6.45) is 3.98. The van der Waals surface area contributed by atoms with Gasteiger partial charge in [0.15, 0.2) is 0 Å². The molecular formula is C30H33N5O4. The van der Waals surface area contributed by atoms with Crippen molar-refractivity contribution in [2.24, 2.45) is 0 Å². The number of carbonyl (C=O) groups excluding carboxylic acids is 2. The van der Waals surface area contributed by atoms with E-state index in [-0.39, 0.29) is 24.4 Å². The number of amides is 2. The summed E-state index contributed by atoms with van der Waals surface area (Å²) in [5, 5.41) is 11.6. The Morgan fingerprint density at radius 1 is 1.00 bits per heavy atom. The van der Waals surface area contributed by atoms with Gasteiger partial charge in [0.25, 0.3) is 0 Å². The zero-order valence-corrected chi connectivity index (χ0v) is 22.5. The summed E-state index contributed by atoms with van der Waals surface area (Å²) in [5.41, 5.74) is 3.52. The smallest absolute Gasteiger partial charge is 0.249 e. The van der Waals surface area contributed by atoms with E-state index in [2.05, 4.69) is 15.6 Å². The first kappa shape index (κ1) is 26.2. The fraction of sp³-hybridized carbons (Fsp3) is 0.333. The lowest BCUT2D eigenvalue weighted by molar-refractivity contribution is -0.127. The van der Waals surface area contributed by atoms with Crippen molar-refractivity contribution in [3.8, 4) is 11.5 Å². The highest BCUT2D eigenvalue weighted by Crippen LogP contribution is 2.35. The van der Waals surface area contributed by atoms with Crippen LogP contribution >= 0.6 is 0 Å². The number of benzene rings is 3. The Hall–Kier alpha value is -4.40. The molecule has 0 aliphatic heterocycles. The molecule has 1 aromatic heterocycles. The van der Waals surface area contributed by atoms with Crippen molar-refractivity contribution in [1.82, 2.24) is 20.3 Å². The summed E-state index contributed by atoms with van der Waals surface area (Å²) in [6.45, 7) is 1.84. The van der Waals surface area contributed by atoms with E-state index in [0.717, 1.165) is 36.8 Å². The van der Waals surface area contributed by atoms with Gasteiger partial charge in [-0.2, -0.15) is 0 Å². The van der Waals surface area contributed by atoms with Crippen molar-refractivity contribution < 1.29 is 19.1 Å². The number of fused-ring (bicyclic) bond motifs is 1. The van der Waals surface area contributed by atoms with Crippen molar-refractivity contribution >= 4 is 28.5 Å². The molecule has 2 amide bonds. The molecule has 9 heteroatoms. The topological polar surface area (TPSA) is 98.6 Å². The average Bonchev–Trinajstić information content (AvgIpc) is 3.62. The Balaban J connectivity index is 1.63. The van der Waals surface area contributed by atoms with Crippen LogP contribution < -0.4 is 19.7 Å². The highest BCUT2D eigenvalue weighted by molar-refractivity contribution is 6.02. The van der Waals surface area contributed by atoms with Crippen LogP contribution in [0.3, 0.4) is 0 Å². The molecule has 1 N–H and O–H groups in total. The third-order valence-electron chi connectivity index (χ3n) is 7.25. The molecule has 4 aromatic rings. The van der Waals surface area contributed by atoms with Gasteiger partial charge in [-0.25, -0.2) is 4.68 Å². The van der Waals surface area contributed by atoms with Crippen molar-refractivity contribution in [2.45, 2.75) is 51.2 Å². The molecule has 0 bridgehead atoms. The summed E-state index contributed by atoms with van der Waals surface area (Å²) in [7, 11) is 3.12. The van der Waals surface area contributed by atoms with Gasteiger partial charge in [0, 0.05) is 17.8 Å². The van der Waals surface area contributed by atoms with E-state index < -0.39 is 6.04 Å². The van der Waals surface area contributed by atoms with E-state index in [1.807, 2.05) is 55.5 Å². The van der Waals surface area contributed by atoms with Crippen molar-refractivity contribution in [2.75, 3.05) is 19.1 Å². The van der Waals surface area contributed by atoms with Crippen LogP contribution in [0.15, 0.2) is 66.7 Å². The third kappa shape index (κ3) is 5.57. The lowest BCUT2D eigenvalue weighted by atomic mass is 10.00. The molecule has 1 fully saturated rings. The van der Waals surface area contributed by atoms with E-state index in [9.17, 15) is 9.59 Å². The number of nitrogens with one attached hydrogen (secondary N) is 1. The van der Waals surface area contributed by atoms with Crippen molar-refractivity contribution in [1.29, 1.82) is 0 Å². The normalized spacial score (nSPS) is 14.2. The van der Waals surface area contributed by atoms with Gasteiger partial charge >= 0.3 is 0 Å². The molecule has 39 heavy (non-hydrogen) atoms.